The first-order chi connectivity index (χ1) is 9.61. The maximum Gasteiger partial charge on any atom is 0.185 e. The van der Waals surface area contributed by atoms with E-state index in [4.69, 9.17) is 5.26 Å². The number of benzene rings is 1. The molecule has 0 fully saturated rings. The van der Waals surface area contributed by atoms with Crippen LogP contribution >= 0.6 is 0 Å². The molecule has 0 amide bonds. The molecule has 0 bridgehead atoms. The van der Waals surface area contributed by atoms with Crippen molar-refractivity contribution in [3.63, 3.8) is 0 Å². The summed E-state index contributed by atoms with van der Waals surface area (Å²) in [6, 6.07) is 10.1. The second-order valence-corrected chi connectivity index (χ2v) is 4.68. The summed E-state index contributed by atoms with van der Waals surface area (Å²) in [4.78, 5) is 11.8. The maximum absolute atomic E-state index is 8.89. The van der Waals surface area contributed by atoms with Gasteiger partial charge in [-0.2, -0.15) is 5.26 Å². The second kappa shape index (κ2) is 6.02. The first-order valence-electron chi connectivity index (χ1n) is 6.33. The van der Waals surface area contributed by atoms with E-state index in [-0.39, 0.29) is 0 Å². The van der Waals surface area contributed by atoms with Crippen LogP contribution < -0.4 is 9.80 Å². The summed E-state index contributed by atoms with van der Waals surface area (Å²) in [5.41, 5.74) is 2.51. The minimum atomic E-state index is 0.592. The van der Waals surface area contributed by atoms with Gasteiger partial charge in [-0.1, -0.05) is 24.3 Å². The Labute approximate surface area is 119 Å². The molecule has 20 heavy (non-hydrogen) atoms. The Balaban J connectivity index is 2.20. The average molecular weight is 267 g/mol. The number of aryl methyl sites for hydroxylation is 1. The molecule has 0 aliphatic rings. The molecule has 102 valence electrons. The van der Waals surface area contributed by atoms with Crippen LogP contribution in [-0.2, 0) is 6.54 Å². The summed E-state index contributed by atoms with van der Waals surface area (Å²) in [5.74, 6) is 1.38. The Hall–Kier alpha value is -2.61. The number of hydrogen-bond donors (Lipinski definition) is 0. The number of anilines is 2. The van der Waals surface area contributed by atoms with Gasteiger partial charge in [-0.25, -0.2) is 9.97 Å². The number of hydrogen-bond acceptors (Lipinski definition) is 5. The third kappa shape index (κ3) is 3.04. The highest BCUT2D eigenvalue weighted by atomic mass is 15.2. The van der Waals surface area contributed by atoms with E-state index >= 15 is 0 Å². The van der Waals surface area contributed by atoms with E-state index in [9.17, 15) is 0 Å². The first-order valence-corrected chi connectivity index (χ1v) is 6.33. The average Bonchev–Trinajstić information content (AvgIpc) is 2.49. The van der Waals surface area contributed by atoms with Crippen molar-refractivity contribution in [3.05, 3.63) is 47.8 Å². The highest BCUT2D eigenvalue weighted by Gasteiger charge is 2.08. The number of rotatable bonds is 4. The van der Waals surface area contributed by atoms with Crippen molar-refractivity contribution in [2.75, 3.05) is 23.9 Å². The van der Waals surface area contributed by atoms with E-state index in [2.05, 4.69) is 29.0 Å². The quantitative estimate of drug-likeness (QED) is 0.628. The van der Waals surface area contributed by atoms with Crippen LogP contribution in [-0.4, -0.2) is 24.1 Å². The molecule has 1 aromatic heterocycles. The van der Waals surface area contributed by atoms with E-state index in [1.54, 1.807) is 7.05 Å². The van der Waals surface area contributed by atoms with E-state index in [1.165, 1.54) is 22.4 Å². The standard InChI is InChI=1S/C15H17N5/c1-12-6-4-5-7-13(12)9-19(2)14-8-15(18-11-17-14)20(3)10-16/h4-8,11H,9H2,1-3H3. The van der Waals surface area contributed by atoms with Gasteiger partial charge in [-0.15, -0.1) is 0 Å². The topological polar surface area (TPSA) is 56.0 Å². The van der Waals surface area contributed by atoms with Gasteiger partial charge in [0.15, 0.2) is 6.19 Å². The molecule has 2 rings (SSSR count). The lowest BCUT2D eigenvalue weighted by Gasteiger charge is -2.20. The fourth-order valence-corrected chi connectivity index (χ4v) is 1.90. The molecule has 0 saturated carbocycles. The SMILES string of the molecule is Cc1ccccc1CN(C)c1cc(N(C)C#N)ncn1. The van der Waals surface area contributed by atoms with Gasteiger partial charge in [0, 0.05) is 26.7 Å². The van der Waals surface area contributed by atoms with Crippen LogP contribution in [0.3, 0.4) is 0 Å². The summed E-state index contributed by atoms with van der Waals surface area (Å²) in [7, 11) is 3.65. The number of nitriles is 1. The van der Waals surface area contributed by atoms with Crippen LogP contribution in [0.1, 0.15) is 11.1 Å². The second-order valence-electron chi connectivity index (χ2n) is 4.68. The summed E-state index contributed by atoms with van der Waals surface area (Å²) >= 11 is 0. The number of aromatic nitrogens is 2. The third-order valence-electron chi connectivity index (χ3n) is 3.19. The van der Waals surface area contributed by atoms with Crippen molar-refractivity contribution < 1.29 is 0 Å². The highest BCUT2D eigenvalue weighted by Crippen LogP contribution is 2.18. The highest BCUT2D eigenvalue weighted by molar-refractivity contribution is 5.51. The van der Waals surface area contributed by atoms with E-state index in [0.717, 1.165) is 12.4 Å². The van der Waals surface area contributed by atoms with Gasteiger partial charge in [-0.05, 0) is 18.1 Å². The Kier molecular flexibility index (Phi) is 4.16. The molecule has 5 heteroatoms. The zero-order valence-corrected chi connectivity index (χ0v) is 11.9. The zero-order valence-electron chi connectivity index (χ0n) is 11.9. The predicted octanol–water partition coefficient (Wildman–Crippen LogP) is 2.34. The molecule has 0 saturated heterocycles. The van der Waals surface area contributed by atoms with Crippen LogP contribution in [0.15, 0.2) is 36.7 Å². The van der Waals surface area contributed by atoms with Crippen LogP contribution in [0.2, 0.25) is 0 Å². The molecular formula is C15H17N5. The molecule has 0 spiro atoms. The lowest BCUT2D eigenvalue weighted by Crippen LogP contribution is -2.19. The van der Waals surface area contributed by atoms with E-state index in [0.29, 0.717) is 5.82 Å². The van der Waals surface area contributed by atoms with E-state index in [1.807, 2.05) is 36.3 Å². The third-order valence-corrected chi connectivity index (χ3v) is 3.19. The number of nitrogens with zero attached hydrogens (tertiary/aromatic N) is 5. The van der Waals surface area contributed by atoms with Gasteiger partial charge in [-0.3, -0.25) is 4.90 Å². The minimum absolute atomic E-state index is 0.592. The van der Waals surface area contributed by atoms with Crippen molar-refractivity contribution in [1.82, 2.24) is 9.97 Å². The Morgan fingerprint density at radius 2 is 1.85 bits per heavy atom. The van der Waals surface area contributed by atoms with Crippen LogP contribution in [0, 0.1) is 18.4 Å². The van der Waals surface area contributed by atoms with Crippen molar-refractivity contribution in [2.24, 2.45) is 0 Å². The van der Waals surface area contributed by atoms with Gasteiger partial charge >= 0.3 is 0 Å². The van der Waals surface area contributed by atoms with Gasteiger partial charge in [0.05, 0.1) is 0 Å². The normalized spacial score (nSPS) is 9.90. The largest absolute Gasteiger partial charge is 0.355 e. The van der Waals surface area contributed by atoms with Gasteiger partial charge in [0.2, 0.25) is 0 Å². The summed E-state index contributed by atoms with van der Waals surface area (Å²) in [6.45, 7) is 2.86. The molecule has 5 nitrogen and oxygen atoms in total. The molecule has 2 aromatic rings. The zero-order chi connectivity index (χ0) is 14.5. The fourth-order valence-electron chi connectivity index (χ4n) is 1.90. The van der Waals surface area contributed by atoms with Crippen molar-refractivity contribution in [1.29, 1.82) is 5.26 Å². The summed E-state index contributed by atoms with van der Waals surface area (Å²) < 4.78 is 0. The van der Waals surface area contributed by atoms with Crippen molar-refractivity contribution in [3.8, 4) is 6.19 Å². The molecular weight excluding hydrogens is 250 g/mol. The smallest absolute Gasteiger partial charge is 0.185 e. The van der Waals surface area contributed by atoms with Crippen LogP contribution in [0.4, 0.5) is 11.6 Å². The first kappa shape index (κ1) is 13.8. The Bertz CT molecular complexity index is 632. The maximum atomic E-state index is 8.89. The monoisotopic (exact) mass is 267 g/mol. The molecule has 1 heterocycles. The predicted molar refractivity (Wildman–Crippen MR) is 79.3 cm³/mol. The molecule has 0 aliphatic carbocycles. The Morgan fingerprint density at radius 3 is 2.55 bits per heavy atom. The van der Waals surface area contributed by atoms with Gasteiger partial charge < -0.3 is 4.90 Å². The lowest BCUT2D eigenvalue weighted by molar-refractivity contribution is 0.882. The van der Waals surface area contributed by atoms with Gasteiger partial charge in [0.1, 0.15) is 18.0 Å². The molecule has 0 atom stereocenters. The fraction of sp³-hybridized carbons (Fsp3) is 0.267. The van der Waals surface area contributed by atoms with Crippen molar-refractivity contribution >= 4 is 11.6 Å². The lowest BCUT2D eigenvalue weighted by atomic mass is 10.1. The minimum Gasteiger partial charge on any atom is -0.355 e. The molecule has 0 N–H and O–H groups in total. The van der Waals surface area contributed by atoms with Crippen LogP contribution in [0.5, 0.6) is 0 Å². The van der Waals surface area contributed by atoms with Crippen molar-refractivity contribution in [2.45, 2.75) is 13.5 Å². The van der Waals surface area contributed by atoms with Gasteiger partial charge in [0.25, 0.3) is 0 Å². The molecule has 0 unspecified atom stereocenters. The summed E-state index contributed by atoms with van der Waals surface area (Å²) in [6.07, 6.45) is 3.51. The molecule has 0 aliphatic heterocycles. The summed E-state index contributed by atoms with van der Waals surface area (Å²) in [5, 5.41) is 8.89. The van der Waals surface area contributed by atoms with Crippen LogP contribution in [0.25, 0.3) is 0 Å². The molecule has 0 radical (unpaired) electrons. The Morgan fingerprint density at radius 1 is 1.15 bits per heavy atom. The molecule has 1 aromatic carbocycles. The van der Waals surface area contributed by atoms with E-state index < -0.39 is 0 Å².